The van der Waals surface area contributed by atoms with Crippen molar-refractivity contribution in [3.05, 3.63) is 70.7 Å². The van der Waals surface area contributed by atoms with E-state index in [1.54, 1.807) is 0 Å². The first-order valence-electron chi connectivity index (χ1n) is 8.90. The number of ether oxygens (including phenoxy) is 1. The molecule has 138 valence electrons. The Labute approximate surface area is 187 Å². The van der Waals surface area contributed by atoms with Crippen LogP contribution < -0.4 is 0 Å². The number of cyclic esters (lactones) is 1. The van der Waals surface area contributed by atoms with Crippen molar-refractivity contribution in [3.63, 3.8) is 0 Å². The van der Waals surface area contributed by atoms with Crippen LogP contribution in [0.1, 0.15) is 30.4 Å². The summed E-state index contributed by atoms with van der Waals surface area (Å²) in [5, 5.41) is 0.723. The van der Waals surface area contributed by atoms with Crippen molar-refractivity contribution in [3.8, 4) is 0 Å². The minimum atomic E-state index is -0.520. The molecular weight excluding hydrogens is 373 g/mol. The van der Waals surface area contributed by atoms with Gasteiger partial charge >= 0.3 is 35.7 Å². The van der Waals surface area contributed by atoms with E-state index in [0.717, 1.165) is 29.8 Å². The molecule has 2 aromatic carbocycles. The number of unbranched alkanes of at least 4 members (excludes halogenated alkanes) is 1. The molecule has 1 aliphatic heterocycles. The summed E-state index contributed by atoms with van der Waals surface area (Å²) >= 11 is 5.88. The number of hydrogen-bond donors (Lipinski definition) is 0. The summed E-state index contributed by atoms with van der Waals surface area (Å²) in [6.07, 6.45) is 2.98. The second-order valence-corrected chi connectivity index (χ2v) is 6.95. The Morgan fingerprint density at radius 1 is 1.04 bits per heavy atom. The average molecular weight is 396 g/mol. The van der Waals surface area contributed by atoms with Crippen molar-refractivity contribution in [1.82, 2.24) is 4.90 Å². The van der Waals surface area contributed by atoms with Crippen LogP contribution in [0.5, 0.6) is 0 Å². The minimum absolute atomic E-state index is 0. The molecule has 2 amide bonds. The summed E-state index contributed by atoms with van der Waals surface area (Å²) in [4.78, 5) is 25.8. The molecule has 27 heavy (non-hydrogen) atoms. The number of carbonyl (C=O) groups is 2. The molecule has 0 spiro atoms. The average Bonchev–Trinajstić information content (AvgIpc) is 3.01. The van der Waals surface area contributed by atoms with Crippen LogP contribution in [0, 0.1) is 0 Å². The van der Waals surface area contributed by atoms with Crippen molar-refractivity contribution >= 4 is 53.2 Å². The number of carbonyl (C=O) groups excluding carboxylic acids is 2. The Bertz CT molecular complexity index is 752. The van der Waals surface area contributed by atoms with Crippen LogP contribution >= 0.6 is 11.6 Å². The summed E-state index contributed by atoms with van der Waals surface area (Å²) in [6.45, 7) is 0.268. The van der Waals surface area contributed by atoms with E-state index < -0.39 is 6.09 Å². The van der Waals surface area contributed by atoms with Crippen LogP contribution in [-0.4, -0.2) is 59.1 Å². The monoisotopic (exact) mass is 395 g/mol. The Morgan fingerprint density at radius 3 is 2.44 bits per heavy atom. The van der Waals surface area contributed by atoms with Gasteiger partial charge < -0.3 is 4.74 Å². The summed E-state index contributed by atoms with van der Waals surface area (Å²) in [7, 11) is 0. The second-order valence-electron chi connectivity index (χ2n) is 6.52. The molecule has 0 unspecified atom stereocenters. The topological polar surface area (TPSA) is 46.6 Å². The van der Waals surface area contributed by atoms with Crippen LogP contribution in [-0.2, 0) is 22.4 Å². The quantitative estimate of drug-likeness (QED) is 0.526. The van der Waals surface area contributed by atoms with Gasteiger partial charge in [0.2, 0.25) is 5.91 Å². The van der Waals surface area contributed by atoms with Gasteiger partial charge in [0.15, 0.2) is 0 Å². The fourth-order valence-corrected chi connectivity index (χ4v) is 3.31. The van der Waals surface area contributed by atoms with Crippen molar-refractivity contribution in [2.75, 3.05) is 6.61 Å². The molecule has 1 aliphatic rings. The van der Waals surface area contributed by atoms with E-state index in [-0.39, 0.29) is 48.1 Å². The first-order valence-corrected chi connectivity index (χ1v) is 9.28. The van der Waals surface area contributed by atoms with Crippen molar-refractivity contribution in [2.45, 2.75) is 38.1 Å². The van der Waals surface area contributed by atoms with E-state index in [9.17, 15) is 9.59 Å². The number of nitrogens with zero attached hydrogens (tertiary/aromatic N) is 1. The van der Waals surface area contributed by atoms with Gasteiger partial charge in [-0.1, -0.05) is 54.1 Å². The van der Waals surface area contributed by atoms with Gasteiger partial charge in [-0.05, 0) is 48.9 Å². The molecule has 1 fully saturated rings. The van der Waals surface area contributed by atoms with E-state index in [2.05, 4.69) is 0 Å². The zero-order valence-corrected chi connectivity index (χ0v) is 15.3. The third-order valence-electron chi connectivity index (χ3n) is 4.56. The van der Waals surface area contributed by atoms with Gasteiger partial charge in [-0.15, -0.1) is 0 Å². The van der Waals surface area contributed by atoms with Gasteiger partial charge in [-0.25, -0.2) is 9.69 Å². The van der Waals surface area contributed by atoms with Gasteiger partial charge in [0.25, 0.3) is 0 Å². The Hall–Kier alpha value is -1.33. The number of hydrogen-bond acceptors (Lipinski definition) is 3. The molecular formula is C21H23ClNNaO3. The van der Waals surface area contributed by atoms with Crippen LogP contribution in [0.15, 0.2) is 54.6 Å². The van der Waals surface area contributed by atoms with Crippen LogP contribution in [0.4, 0.5) is 4.79 Å². The molecule has 3 rings (SSSR count). The van der Waals surface area contributed by atoms with Crippen molar-refractivity contribution in [2.24, 2.45) is 0 Å². The predicted octanol–water partition coefficient (Wildman–Crippen LogP) is 3.99. The molecule has 1 atom stereocenters. The van der Waals surface area contributed by atoms with E-state index in [1.165, 1.54) is 10.5 Å². The Balaban J connectivity index is 0.00000261. The summed E-state index contributed by atoms with van der Waals surface area (Å²) in [5.41, 5.74) is 2.29. The number of imide groups is 1. The first-order chi connectivity index (χ1) is 12.6. The van der Waals surface area contributed by atoms with Gasteiger partial charge in [0.1, 0.15) is 6.61 Å². The molecule has 0 aromatic heterocycles. The van der Waals surface area contributed by atoms with Crippen LogP contribution in [0.25, 0.3) is 0 Å². The molecule has 1 saturated heterocycles. The van der Waals surface area contributed by atoms with Gasteiger partial charge in [0.05, 0.1) is 6.04 Å². The normalized spacial score (nSPS) is 16.0. The zero-order chi connectivity index (χ0) is 18.4. The molecule has 2 aromatic rings. The third-order valence-corrected chi connectivity index (χ3v) is 4.82. The Morgan fingerprint density at radius 2 is 1.74 bits per heavy atom. The second kappa shape index (κ2) is 10.9. The fourth-order valence-electron chi connectivity index (χ4n) is 3.18. The summed E-state index contributed by atoms with van der Waals surface area (Å²) in [5.74, 6) is -0.149. The van der Waals surface area contributed by atoms with E-state index in [1.807, 2.05) is 54.6 Å². The third kappa shape index (κ3) is 6.35. The van der Waals surface area contributed by atoms with Gasteiger partial charge in [-0.2, -0.15) is 0 Å². The fraction of sp³-hybridized carbons (Fsp3) is 0.333. The SMILES string of the molecule is O=C(CCCCc1ccc(Cl)cc1)N1C(=O)OC[C@@H]1Cc1ccccc1.[NaH]. The molecule has 6 heteroatoms. The van der Waals surface area contributed by atoms with E-state index in [4.69, 9.17) is 16.3 Å². The van der Waals surface area contributed by atoms with Gasteiger partial charge in [0, 0.05) is 11.4 Å². The maximum atomic E-state index is 12.5. The number of benzene rings is 2. The molecule has 0 saturated carbocycles. The maximum absolute atomic E-state index is 12.5. The Kier molecular flexibility index (Phi) is 8.84. The van der Waals surface area contributed by atoms with Crippen LogP contribution in [0.3, 0.4) is 0 Å². The number of rotatable bonds is 7. The number of amides is 2. The molecule has 0 bridgehead atoms. The zero-order valence-electron chi connectivity index (χ0n) is 14.6. The molecule has 1 heterocycles. The van der Waals surface area contributed by atoms with Crippen molar-refractivity contribution < 1.29 is 14.3 Å². The van der Waals surface area contributed by atoms with Crippen molar-refractivity contribution in [1.29, 1.82) is 0 Å². The summed E-state index contributed by atoms with van der Waals surface area (Å²) in [6, 6.07) is 17.4. The van der Waals surface area contributed by atoms with E-state index >= 15 is 0 Å². The standard InChI is InChI=1S/C21H22ClNO3.Na.H/c22-18-12-10-16(11-13-18)6-4-5-9-20(24)23-19(15-26-21(23)25)14-17-7-2-1-3-8-17;;/h1-3,7-8,10-13,19H,4-6,9,14-15H2;;/t19-;;/m0../s1. The molecule has 0 radical (unpaired) electrons. The number of halogens is 1. The number of aryl methyl sites for hydroxylation is 1. The molecule has 4 nitrogen and oxygen atoms in total. The van der Waals surface area contributed by atoms with Crippen LogP contribution in [0.2, 0.25) is 5.02 Å². The summed E-state index contributed by atoms with van der Waals surface area (Å²) < 4.78 is 5.11. The molecule has 0 aliphatic carbocycles. The first kappa shape index (κ1) is 22.0. The molecule has 0 N–H and O–H groups in total. The van der Waals surface area contributed by atoms with E-state index in [0.29, 0.717) is 12.8 Å². The van der Waals surface area contributed by atoms with Gasteiger partial charge in [-0.3, -0.25) is 4.79 Å². The predicted molar refractivity (Wildman–Crippen MR) is 108 cm³/mol.